The van der Waals surface area contributed by atoms with Crippen molar-refractivity contribution in [1.82, 2.24) is 0 Å². The highest BCUT2D eigenvalue weighted by molar-refractivity contribution is 7.98. The van der Waals surface area contributed by atoms with E-state index >= 15 is 0 Å². The molecule has 0 saturated carbocycles. The van der Waals surface area contributed by atoms with Gasteiger partial charge in [0.25, 0.3) is 0 Å². The van der Waals surface area contributed by atoms with Gasteiger partial charge < -0.3 is 10.5 Å². The van der Waals surface area contributed by atoms with Crippen molar-refractivity contribution in [2.45, 2.75) is 11.5 Å². The maximum Gasteiger partial charge on any atom is 0.133 e. The minimum Gasteiger partial charge on any atom is -0.488 e. The standard InChI is InChI=1S/C14H14FNOS/c1-18-14-8-3-2-7-13(14)17-9-10-11(15)5-4-6-12(10)16/h2-8H,9,16H2,1H3. The fraction of sp³-hybridized carbons (Fsp3) is 0.143. The molecule has 0 bridgehead atoms. The van der Waals surface area contributed by atoms with E-state index in [2.05, 4.69) is 0 Å². The molecule has 2 aromatic carbocycles. The number of benzene rings is 2. The number of nitrogen functional groups attached to an aromatic ring is 1. The van der Waals surface area contributed by atoms with Gasteiger partial charge in [0.05, 0.1) is 0 Å². The van der Waals surface area contributed by atoms with Crippen LogP contribution in [0.2, 0.25) is 0 Å². The first-order valence-electron chi connectivity index (χ1n) is 5.51. The van der Waals surface area contributed by atoms with Gasteiger partial charge in [-0.3, -0.25) is 0 Å². The molecule has 0 aliphatic rings. The molecular weight excluding hydrogens is 249 g/mol. The summed E-state index contributed by atoms with van der Waals surface area (Å²) in [6.07, 6.45) is 1.97. The van der Waals surface area contributed by atoms with E-state index in [4.69, 9.17) is 10.5 Å². The summed E-state index contributed by atoms with van der Waals surface area (Å²) in [5.41, 5.74) is 6.54. The first kappa shape index (κ1) is 12.8. The second kappa shape index (κ2) is 5.78. The van der Waals surface area contributed by atoms with Crippen LogP contribution in [0.15, 0.2) is 47.4 Å². The van der Waals surface area contributed by atoms with Gasteiger partial charge in [-0.1, -0.05) is 18.2 Å². The van der Waals surface area contributed by atoms with E-state index < -0.39 is 0 Å². The van der Waals surface area contributed by atoms with Crippen molar-refractivity contribution in [3.8, 4) is 5.75 Å². The van der Waals surface area contributed by atoms with Gasteiger partial charge in [-0.2, -0.15) is 0 Å². The number of ether oxygens (including phenoxy) is 1. The molecule has 4 heteroatoms. The minimum atomic E-state index is -0.336. The summed E-state index contributed by atoms with van der Waals surface area (Å²) in [6.45, 7) is 0.135. The van der Waals surface area contributed by atoms with Gasteiger partial charge in [-0.25, -0.2) is 4.39 Å². The van der Waals surface area contributed by atoms with Gasteiger partial charge >= 0.3 is 0 Å². The molecule has 2 aromatic rings. The lowest BCUT2D eigenvalue weighted by molar-refractivity contribution is 0.293. The highest BCUT2D eigenvalue weighted by atomic mass is 32.2. The number of hydrogen-bond donors (Lipinski definition) is 1. The monoisotopic (exact) mass is 263 g/mol. The minimum absolute atomic E-state index is 0.135. The lowest BCUT2D eigenvalue weighted by Gasteiger charge is -2.11. The number of hydrogen-bond acceptors (Lipinski definition) is 3. The first-order valence-corrected chi connectivity index (χ1v) is 6.73. The number of nitrogens with two attached hydrogens (primary N) is 1. The molecule has 0 aromatic heterocycles. The zero-order valence-electron chi connectivity index (χ0n) is 10.0. The van der Waals surface area contributed by atoms with E-state index in [0.717, 1.165) is 10.6 Å². The van der Waals surface area contributed by atoms with Gasteiger partial charge in [0, 0.05) is 16.1 Å². The molecule has 0 spiro atoms. The number of rotatable bonds is 4. The molecule has 2 rings (SSSR count). The molecule has 0 radical (unpaired) electrons. The quantitative estimate of drug-likeness (QED) is 0.674. The van der Waals surface area contributed by atoms with Gasteiger partial charge in [0.15, 0.2) is 0 Å². The molecule has 0 amide bonds. The molecule has 0 heterocycles. The van der Waals surface area contributed by atoms with Crippen molar-refractivity contribution >= 4 is 17.4 Å². The van der Waals surface area contributed by atoms with E-state index in [1.807, 2.05) is 30.5 Å². The smallest absolute Gasteiger partial charge is 0.133 e. The van der Waals surface area contributed by atoms with Crippen molar-refractivity contribution in [2.75, 3.05) is 12.0 Å². The van der Waals surface area contributed by atoms with E-state index in [9.17, 15) is 4.39 Å². The van der Waals surface area contributed by atoms with Gasteiger partial charge in [-0.15, -0.1) is 11.8 Å². The average Bonchev–Trinajstić information content (AvgIpc) is 2.38. The summed E-state index contributed by atoms with van der Waals surface area (Å²) in [5, 5.41) is 0. The van der Waals surface area contributed by atoms with E-state index in [0.29, 0.717) is 11.3 Å². The molecule has 0 atom stereocenters. The second-order valence-corrected chi connectivity index (χ2v) is 4.60. The van der Waals surface area contributed by atoms with Crippen LogP contribution < -0.4 is 10.5 Å². The molecule has 94 valence electrons. The summed E-state index contributed by atoms with van der Waals surface area (Å²) in [6, 6.07) is 12.3. The predicted octanol–water partition coefficient (Wildman–Crippen LogP) is 3.71. The Bertz CT molecular complexity index is 525. The number of para-hydroxylation sites is 1. The largest absolute Gasteiger partial charge is 0.488 e. The Kier molecular flexibility index (Phi) is 4.10. The summed E-state index contributed by atoms with van der Waals surface area (Å²) < 4.78 is 19.2. The molecule has 0 aliphatic heterocycles. The normalized spacial score (nSPS) is 10.3. The van der Waals surface area contributed by atoms with Crippen LogP contribution in [0.1, 0.15) is 5.56 Å². The van der Waals surface area contributed by atoms with Crippen LogP contribution >= 0.6 is 11.8 Å². The Morgan fingerprint density at radius 1 is 1.17 bits per heavy atom. The van der Waals surface area contributed by atoms with Gasteiger partial charge in [-0.05, 0) is 30.5 Å². The Hall–Kier alpha value is -1.68. The zero-order valence-corrected chi connectivity index (χ0v) is 10.8. The second-order valence-electron chi connectivity index (χ2n) is 3.75. The first-order chi connectivity index (χ1) is 8.72. The van der Waals surface area contributed by atoms with Crippen molar-refractivity contribution in [3.05, 3.63) is 53.8 Å². The Balaban J connectivity index is 2.16. The Labute approximate surface area is 110 Å². The fourth-order valence-electron chi connectivity index (χ4n) is 1.62. The third-order valence-electron chi connectivity index (χ3n) is 2.60. The molecule has 0 fully saturated rings. The molecule has 0 aliphatic carbocycles. The number of thioether (sulfide) groups is 1. The summed E-state index contributed by atoms with van der Waals surface area (Å²) in [5.74, 6) is 0.407. The van der Waals surface area contributed by atoms with Crippen LogP contribution in [0.25, 0.3) is 0 Å². The van der Waals surface area contributed by atoms with Crippen molar-refractivity contribution in [1.29, 1.82) is 0 Å². The third-order valence-corrected chi connectivity index (χ3v) is 3.37. The lowest BCUT2D eigenvalue weighted by Crippen LogP contribution is -2.03. The van der Waals surface area contributed by atoms with Crippen LogP contribution in [0.4, 0.5) is 10.1 Å². The van der Waals surface area contributed by atoms with Crippen LogP contribution in [0.3, 0.4) is 0 Å². The Morgan fingerprint density at radius 2 is 1.94 bits per heavy atom. The topological polar surface area (TPSA) is 35.2 Å². The van der Waals surface area contributed by atoms with Crippen molar-refractivity contribution in [2.24, 2.45) is 0 Å². The van der Waals surface area contributed by atoms with Crippen molar-refractivity contribution in [3.63, 3.8) is 0 Å². The van der Waals surface area contributed by atoms with Gasteiger partial charge in [0.2, 0.25) is 0 Å². The van der Waals surface area contributed by atoms with Crippen molar-refractivity contribution < 1.29 is 9.13 Å². The molecule has 2 N–H and O–H groups in total. The third kappa shape index (κ3) is 2.76. The van der Waals surface area contributed by atoms with E-state index in [1.54, 1.807) is 23.9 Å². The maximum absolute atomic E-state index is 13.6. The fourth-order valence-corrected chi connectivity index (χ4v) is 2.16. The maximum atomic E-state index is 13.6. The Morgan fingerprint density at radius 3 is 2.67 bits per heavy atom. The van der Waals surface area contributed by atoms with Crippen LogP contribution in [-0.2, 0) is 6.61 Å². The summed E-state index contributed by atoms with van der Waals surface area (Å²) in [7, 11) is 0. The molecule has 0 saturated heterocycles. The summed E-state index contributed by atoms with van der Waals surface area (Å²) >= 11 is 1.59. The van der Waals surface area contributed by atoms with E-state index in [-0.39, 0.29) is 12.4 Å². The predicted molar refractivity (Wildman–Crippen MR) is 73.4 cm³/mol. The van der Waals surface area contributed by atoms with Crippen LogP contribution in [0.5, 0.6) is 5.75 Å². The molecule has 18 heavy (non-hydrogen) atoms. The lowest BCUT2D eigenvalue weighted by atomic mass is 10.2. The molecule has 0 unspecified atom stereocenters. The molecular formula is C14H14FNOS. The summed E-state index contributed by atoms with van der Waals surface area (Å²) in [4.78, 5) is 1.02. The van der Waals surface area contributed by atoms with Crippen LogP contribution in [0, 0.1) is 5.82 Å². The number of halogens is 1. The number of anilines is 1. The SMILES string of the molecule is CSc1ccccc1OCc1c(N)cccc1F. The zero-order chi connectivity index (χ0) is 13.0. The highest BCUT2D eigenvalue weighted by Gasteiger charge is 2.08. The van der Waals surface area contributed by atoms with E-state index in [1.165, 1.54) is 6.07 Å². The van der Waals surface area contributed by atoms with Gasteiger partial charge in [0.1, 0.15) is 18.2 Å². The highest BCUT2D eigenvalue weighted by Crippen LogP contribution is 2.28. The average molecular weight is 263 g/mol. The van der Waals surface area contributed by atoms with Crippen LogP contribution in [-0.4, -0.2) is 6.26 Å². The molecule has 2 nitrogen and oxygen atoms in total.